The lowest BCUT2D eigenvalue weighted by Gasteiger charge is -2.28. The number of rotatable bonds is 1. The Balaban J connectivity index is 2.00. The monoisotopic (exact) mass is 259 g/mol. The molecule has 6 nitrogen and oxygen atoms in total. The quantitative estimate of drug-likeness (QED) is 0.554. The van der Waals surface area contributed by atoms with Crippen LogP contribution in [0.4, 0.5) is 5.69 Å². The summed E-state index contributed by atoms with van der Waals surface area (Å²) in [5, 5.41) is 2.68. The van der Waals surface area contributed by atoms with Gasteiger partial charge in [-0.05, 0) is 31.0 Å². The Morgan fingerprint density at radius 2 is 1.89 bits per heavy atom. The van der Waals surface area contributed by atoms with Gasteiger partial charge in [-0.15, -0.1) is 0 Å². The fourth-order valence-corrected chi connectivity index (χ4v) is 2.56. The Bertz CT molecular complexity index is 597. The Labute approximate surface area is 109 Å². The molecule has 3 rings (SSSR count). The Morgan fingerprint density at radius 3 is 2.63 bits per heavy atom. The molecule has 1 saturated heterocycles. The highest BCUT2D eigenvalue weighted by molar-refractivity contribution is 6.23. The number of anilines is 1. The third kappa shape index (κ3) is 1.68. The number of hydrogen-bond donors (Lipinski definition) is 2. The third-order valence-corrected chi connectivity index (χ3v) is 3.51. The molecule has 1 unspecified atom stereocenters. The zero-order chi connectivity index (χ0) is 13.6. The predicted molar refractivity (Wildman–Crippen MR) is 67.4 cm³/mol. The number of carbonyl (C=O) groups is 3. The molecule has 0 spiro atoms. The molecule has 2 aliphatic rings. The number of nitrogens with one attached hydrogen (secondary N) is 1. The summed E-state index contributed by atoms with van der Waals surface area (Å²) in [5.74, 6) is -1.12. The summed E-state index contributed by atoms with van der Waals surface area (Å²) < 4.78 is 0. The van der Waals surface area contributed by atoms with Gasteiger partial charge in [0.25, 0.3) is 11.8 Å². The molecule has 0 aliphatic carbocycles. The highest BCUT2D eigenvalue weighted by Gasteiger charge is 2.43. The highest BCUT2D eigenvalue weighted by atomic mass is 16.2. The lowest BCUT2D eigenvalue weighted by molar-refractivity contribution is -0.126. The number of carbonyl (C=O) groups excluding carboxylic acids is 3. The van der Waals surface area contributed by atoms with E-state index in [1.54, 1.807) is 6.07 Å². The summed E-state index contributed by atoms with van der Waals surface area (Å²) >= 11 is 0. The van der Waals surface area contributed by atoms with E-state index < -0.39 is 17.9 Å². The minimum absolute atomic E-state index is 0.270. The molecule has 1 atom stereocenters. The van der Waals surface area contributed by atoms with Gasteiger partial charge in [-0.2, -0.15) is 0 Å². The second-order valence-corrected chi connectivity index (χ2v) is 4.73. The molecule has 19 heavy (non-hydrogen) atoms. The van der Waals surface area contributed by atoms with Crippen LogP contribution in [0.25, 0.3) is 0 Å². The molecule has 3 N–H and O–H groups in total. The predicted octanol–water partition coefficient (Wildman–Crippen LogP) is 0.143. The molecular weight excluding hydrogens is 246 g/mol. The molecule has 6 heteroatoms. The standard InChI is InChI=1S/C13H13N3O3/c14-7-3-4-8-9(6-7)13(19)16(12(8)18)10-2-1-5-15-11(10)17/h3-4,6,10H,1-2,5,14H2,(H,15,17). The Kier molecular flexibility index (Phi) is 2.51. The van der Waals surface area contributed by atoms with Crippen LogP contribution in [-0.2, 0) is 4.79 Å². The van der Waals surface area contributed by atoms with Gasteiger partial charge in [0.05, 0.1) is 11.1 Å². The van der Waals surface area contributed by atoms with Crippen molar-refractivity contribution in [2.75, 3.05) is 12.3 Å². The number of imide groups is 1. The van der Waals surface area contributed by atoms with Crippen molar-refractivity contribution in [2.24, 2.45) is 0 Å². The van der Waals surface area contributed by atoms with Crippen molar-refractivity contribution in [3.63, 3.8) is 0 Å². The first-order valence-corrected chi connectivity index (χ1v) is 6.14. The van der Waals surface area contributed by atoms with Crippen molar-refractivity contribution in [2.45, 2.75) is 18.9 Å². The van der Waals surface area contributed by atoms with E-state index in [0.717, 1.165) is 11.3 Å². The second-order valence-electron chi connectivity index (χ2n) is 4.73. The summed E-state index contributed by atoms with van der Waals surface area (Å²) in [4.78, 5) is 37.4. The van der Waals surface area contributed by atoms with Gasteiger partial charge in [0.15, 0.2) is 0 Å². The molecule has 0 saturated carbocycles. The number of nitrogens with zero attached hydrogens (tertiary/aromatic N) is 1. The van der Waals surface area contributed by atoms with Gasteiger partial charge < -0.3 is 11.1 Å². The molecule has 0 bridgehead atoms. The van der Waals surface area contributed by atoms with Crippen molar-refractivity contribution in [1.29, 1.82) is 0 Å². The topological polar surface area (TPSA) is 92.5 Å². The van der Waals surface area contributed by atoms with E-state index in [4.69, 9.17) is 5.73 Å². The van der Waals surface area contributed by atoms with Gasteiger partial charge in [0.1, 0.15) is 6.04 Å². The fourth-order valence-electron chi connectivity index (χ4n) is 2.56. The molecule has 1 fully saturated rings. The van der Waals surface area contributed by atoms with E-state index in [2.05, 4.69) is 5.32 Å². The van der Waals surface area contributed by atoms with Crippen LogP contribution in [0.15, 0.2) is 18.2 Å². The lowest BCUT2D eigenvalue weighted by Crippen LogP contribution is -2.52. The van der Waals surface area contributed by atoms with Gasteiger partial charge in [-0.3, -0.25) is 19.3 Å². The Morgan fingerprint density at radius 1 is 1.16 bits per heavy atom. The average molecular weight is 259 g/mol. The molecular formula is C13H13N3O3. The van der Waals surface area contributed by atoms with E-state index >= 15 is 0 Å². The van der Waals surface area contributed by atoms with Gasteiger partial charge >= 0.3 is 0 Å². The van der Waals surface area contributed by atoms with Crippen LogP contribution < -0.4 is 11.1 Å². The van der Waals surface area contributed by atoms with Gasteiger partial charge in [-0.1, -0.05) is 0 Å². The molecule has 2 aliphatic heterocycles. The summed E-state index contributed by atoms with van der Waals surface area (Å²) in [6, 6.07) is 3.89. The molecule has 3 amide bonds. The molecule has 98 valence electrons. The molecule has 1 aromatic carbocycles. The Hall–Kier alpha value is -2.37. The normalized spacial score (nSPS) is 22.4. The summed E-state index contributed by atoms with van der Waals surface area (Å²) in [7, 11) is 0. The number of benzene rings is 1. The maximum absolute atomic E-state index is 12.3. The van der Waals surface area contributed by atoms with Crippen LogP contribution in [0.3, 0.4) is 0 Å². The maximum Gasteiger partial charge on any atom is 0.262 e. The number of fused-ring (bicyclic) bond motifs is 1. The van der Waals surface area contributed by atoms with E-state index in [1.807, 2.05) is 0 Å². The summed E-state index contributed by atoms with van der Waals surface area (Å²) in [6.45, 7) is 0.589. The molecule has 1 aromatic rings. The summed E-state index contributed by atoms with van der Waals surface area (Å²) in [6.07, 6.45) is 1.26. The first kappa shape index (κ1) is 11.7. The largest absolute Gasteiger partial charge is 0.399 e. The van der Waals surface area contributed by atoms with Crippen LogP contribution in [0.2, 0.25) is 0 Å². The number of amides is 3. The third-order valence-electron chi connectivity index (χ3n) is 3.51. The SMILES string of the molecule is Nc1ccc2c(c1)C(=O)N(C1CCCNC1=O)C2=O. The smallest absolute Gasteiger partial charge is 0.262 e. The van der Waals surface area contributed by atoms with Crippen LogP contribution >= 0.6 is 0 Å². The van der Waals surface area contributed by atoms with E-state index in [1.165, 1.54) is 12.1 Å². The fraction of sp³-hybridized carbons (Fsp3) is 0.308. The number of piperidine rings is 1. The van der Waals surface area contributed by atoms with Gasteiger partial charge in [0, 0.05) is 12.2 Å². The zero-order valence-corrected chi connectivity index (χ0v) is 10.2. The summed E-state index contributed by atoms with van der Waals surface area (Å²) in [5.41, 5.74) is 6.65. The van der Waals surface area contributed by atoms with Crippen molar-refractivity contribution in [3.8, 4) is 0 Å². The molecule has 0 aromatic heterocycles. The second kappa shape index (κ2) is 4.08. The van der Waals surface area contributed by atoms with Gasteiger partial charge in [-0.25, -0.2) is 0 Å². The number of nitrogens with two attached hydrogens (primary N) is 1. The minimum Gasteiger partial charge on any atom is -0.399 e. The molecule has 2 heterocycles. The average Bonchev–Trinajstić information content (AvgIpc) is 2.63. The van der Waals surface area contributed by atoms with E-state index in [9.17, 15) is 14.4 Å². The molecule has 0 radical (unpaired) electrons. The number of nitrogen functional groups attached to an aromatic ring is 1. The van der Waals surface area contributed by atoms with E-state index in [-0.39, 0.29) is 11.5 Å². The van der Waals surface area contributed by atoms with Crippen molar-refractivity contribution in [1.82, 2.24) is 10.2 Å². The van der Waals surface area contributed by atoms with Gasteiger partial charge in [0.2, 0.25) is 5.91 Å². The van der Waals surface area contributed by atoms with Crippen LogP contribution in [0, 0.1) is 0 Å². The van der Waals surface area contributed by atoms with Crippen LogP contribution in [0.1, 0.15) is 33.6 Å². The van der Waals surface area contributed by atoms with E-state index in [0.29, 0.717) is 24.2 Å². The first-order valence-electron chi connectivity index (χ1n) is 6.14. The van der Waals surface area contributed by atoms with Crippen molar-refractivity contribution >= 4 is 23.4 Å². The zero-order valence-electron chi connectivity index (χ0n) is 10.2. The van der Waals surface area contributed by atoms with Crippen molar-refractivity contribution in [3.05, 3.63) is 29.3 Å². The maximum atomic E-state index is 12.3. The first-order chi connectivity index (χ1) is 9.09. The lowest BCUT2D eigenvalue weighted by atomic mass is 10.1. The van der Waals surface area contributed by atoms with Crippen molar-refractivity contribution < 1.29 is 14.4 Å². The van der Waals surface area contributed by atoms with Crippen LogP contribution in [0.5, 0.6) is 0 Å². The van der Waals surface area contributed by atoms with Crippen LogP contribution in [-0.4, -0.2) is 35.2 Å². The highest BCUT2D eigenvalue weighted by Crippen LogP contribution is 2.28. The number of hydrogen-bond acceptors (Lipinski definition) is 4. The minimum atomic E-state index is -0.706.